The van der Waals surface area contributed by atoms with Gasteiger partial charge in [0.25, 0.3) is 5.91 Å². The van der Waals surface area contributed by atoms with Crippen LogP contribution in [0.25, 0.3) is 0 Å². The lowest BCUT2D eigenvalue weighted by molar-refractivity contribution is -0.123. The van der Waals surface area contributed by atoms with E-state index >= 15 is 0 Å². The van der Waals surface area contributed by atoms with E-state index in [2.05, 4.69) is 15.5 Å². The van der Waals surface area contributed by atoms with Crippen LogP contribution in [0.1, 0.15) is 5.56 Å². The van der Waals surface area contributed by atoms with Crippen molar-refractivity contribution in [2.75, 3.05) is 6.61 Å². The summed E-state index contributed by atoms with van der Waals surface area (Å²) in [7, 11) is 0. The Morgan fingerprint density at radius 2 is 1.95 bits per heavy atom. The number of carbonyl (C=O) groups excluding carboxylic acids is 1. The molecule has 1 heterocycles. The van der Waals surface area contributed by atoms with Gasteiger partial charge >= 0.3 is 0 Å². The molecule has 1 N–H and O–H groups in total. The van der Waals surface area contributed by atoms with Crippen LogP contribution in [-0.4, -0.2) is 23.7 Å². The molecule has 0 saturated carbocycles. The molecule has 2 aromatic rings. The molecule has 20 heavy (non-hydrogen) atoms. The van der Waals surface area contributed by atoms with E-state index in [4.69, 9.17) is 16.3 Å². The molecule has 0 atom stereocenters. The molecular formula is C14H12ClN3O2. The van der Waals surface area contributed by atoms with E-state index in [-0.39, 0.29) is 12.5 Å². The number of pyridine rings is 1. The highest BCUT2D eigenvalue weighted by Gasteiger charge is 2.01. The second kappa shape index (κ2) is 7.25. The van der Waals surface area contributed by atoms with E-state index in [1.165, 1.54) is 6.21 Å². The summed E-state index contributed by atoms with van der Waals surface area (Å²) in [5, 5.41) is 4.43. The van der Waals surface area contributed by atoms with Gasteiger partial charge in [0, 0.05) is 17.4 Å². The van der Waals surface area contributed by atoms with Crippen molar-refractivity contribution in [2.45, 2.75) is 0 Å². The molecule has 5 nitrogen and oxygen atoms in total. The van der Waals surface area contributed by atoms with E-state index < -0.39 is 0 Å². The van der Waals surface area contributed by atoms with Crippen LogP contribution in [0.2, 0.25) is 5.02 Å². The Bertz CT molecular complexity index is 585. The standard InChI is InChI=1S/C14H12ClN3O2/c15-12-1-3-13(4-2-12)20-10-14(19)18-17-9-11-5-7-16-8-6-11/h1-9H,10H2,(H,18,19)/b17-9-. The molecule has 0 unspecified atom stereocenters. The minimum atomic E-state index is -0.342. The molecule has 0 radical (unpaired) electrons. The van der Waals surface area contributed by atoms with Gasteiger partial charge in [-0.15, -0.1) is 0 Å². The highest BCUT2D eigenvalue weighted by molar-refractivity contribution is 6.30. The highest BCUT2D eigenvalue weighted by atomic mass is 35.5. The van der Waals surface area contributed by atoms with E-state index in [9.17, 15) is 4.79 Å². The van der Waals surface area contributed by atoms with Crippen molar-refractivity contribution in [3.05, 3.63) is 59.4 Å². The molecule has 1 aromatic carbocycles. The summed E-state index contributed by atoms with van der Waals surface area (Å²) < 4.78 is 5.27. The third kappa shape index (κ3) is 4.70. The number of rotatable bonds is 5. The first-order chi connectivity index (χ1) is 9.74. The number of nitrogens with zero attached hydrogens (tertiary/aromatic N) is 2. The Balaban J connectivity index is 1.76. The average molecular weight is 290 g/mol. The molecule has 0 aliphatic rings. The van der Waals surface area contributed by atoms with Crippen molar-refractivity contribution in [1.82, 2.24) is 10.4 Å². The third-order valence-electron chi connectivity index (χ3n) is 2.29. The zero-order valence-corrected chi connectivity index (χ0v) is 11.2. The number of amides is 1. The molecule has 1 aromatic heterocycles. The molecule has 0 saturated heterocycles. The predicted molar refractivity (Wildman–Crippen MR) is 76.9 cm³/mol. The monoisotopic (exact) mass is 289 g/mol. The second-order valence-electron chi connectivity index (χ2n) is 3.82. The first kappa shape index (κ1) is 14.0. The molecule has 102 valence electrons. The van der Waals surface area contributed by atoms with Gasteiger partial charge in [-0.05, 0) is 42.0 Å². The van der Waals surface area contributed by atoms with Crippen molar-refractivity contribution >= 4 is 23.7 Å². The fourth-order valence-corrected chi connectivity index (χ4v) is 1.47. The molecule has 6 heteroatoms. The van der Waals surface area contributed by atoms with Gasteiger partial charge < -0.3 is 4.74 Å². The number of hydrogen-bond acceptors (Lipinski definition) is 4. The summed E-state index contributed by atoms with van der Waals surface area (Å²) in [5.41, 5.74) is 3.22. The van der Waals surface area contributed by atoms with Gasteiger partial charge in [0.1, 0.15) is 5.75 Å². The van der Waals surface area contributed by atoms with Crippen LogP contribution in [-0.2, 0) is 4.79 Å². The summed E-state index contributed by atoms with van der Waals surface area (Å²) in [4.78, 5) is 15.4. The lowest BCUT2D eigenvalue weighted by Crippen LogP contribution is -2.24. The lowest BCUT2D eigenvalue weighted by Gasteiger charge is -2.04. The maximum absolute atomic E-state index is 11.5. The molecule has 0 spiro atoms. The SMILES string of the molecule is O=C(COc1ccc(Cl)cc1)N/N=C\c1ccncc1. The van der Waals surface area contributed by atoms with Crippen LogP contribution in [0.4, 0.5) is 0 Å². The summed E-state index contributed by atoms with van der Waals surface area (Å²) in [6.07, 6.45) is 4.82. The fraction of sp³-hybridized carbons (Fsp3) is 0.0714. The second-order valence-corrected chi connectivity index (χ2v) is 4.25. The van der Waals surface area contributed by atoms with Crippen LogP contribution in [0, 0.1) is 0 Å². The molecular weight excluding hydrogens is 278 g/mol. The molecule has 0 aliphatic carbocycles. The molecule has 2 rings (SSSR count). The first-order valence-electron chi connectivity index (χ1n) is 5.84. The van der Waals surface area contributed by atoms with E-state index in [0.717, 1.165) is 5.56 Å². The van der Waals surface area contributed by atoms with Gasteiger partial charge in [-0.25, -0.2) is 5.43 Å². The van der Waals surface area contributed by atoms with Gasteiger partial charge in [-0.3, -0.25) is 9.78 Å². The number of nitrogens with one attached hydrogen (secondary N) is 1. The number of halogens is 1. The van der Waals surface area contributed by atoms with E-state index in [1.54, 1.807) is 48.8 Å². The van der Waals surface area contributed by atoms with Crippen molar-refractivity contribution in [3.63, 3.8) is 0 Å². The summed E-state index contributed by atoms with van der Waals surface area (Å²) in [5.74, 6) is 0.230. The third-order valence-corrected chi connectivity index (χ3v) is 2.54. The molecule has 0 fully saturated rings. The van der Waals surface area contributed by atoms with Crippen LogP contribution in [0.15, 0.2) is 53.9 Å². The minimum absolute atomic E-state index is 0.116. The largest absolute Gasteiger partial charge is 0.484 e. The number of carbonyl (C=O) groups is 1. The number of hydrazone groups is 1. The van der Waals surface area contributed by atoms with Crippen LogP contribution in [0.3, 0.4) is 0 Å². The van der Waals surface area contributed by atoms with Gasteiger partial charge in [0.2, 0.25) is 0 Å². The normalized spacial score (nSPS) is 10.4. The smallest absolute Gasteiger partial charge is 0.277 e. The Kier molecular flexibility index (Phi) is 5.08. The minimum Gasteiger partial charge on any atom is -0.484 e. The molecule has 1 amide bonds. The maximum Gasteiger partial charge on any atom is 0.277 e. The van der Waals surface area contributed by atoms with Gasteiger partial charge in [0.15, 0.2) is 6.61 Å². The van der Waals surface area contributed by atoms with E-state index in [0.29, 0.717) is 10.8 Å². The predicted octanol–water partition coefficient (Wildman–Crippen LogP) is 2.26. The van der Waals surface area contributed by atoms with Crippen LogP contribution >= 0.6 is 11.6 Å². The van der Waals surface area contributed by atoms with Crippen LogP contribution in [0.5, 0.6) is 5.75 Å². The van der Waals surface area contributed by atoms with Crippen molar-refractivity contribution in [1.29, 1.82) is 0 Å². The maximum atomic E-state index is 11.5. The Morgan fingerprint density at radius 3 is 2.65 bits per heavy atom. The van der Waals surface area contributed by atoms with Gasteiger partial charge in [-0.1, -0.05) is 11.6 Å². The summed E-state index contributed by atoms with van der Waals surface area (Å²) in [6.45, 7) is -0.116. The Hall–Kier alpha value is -2.40. The summed E-state index contributed by atoms with van der Waals surface area (Å²) >= 11 is 5.74. The number of hydrogen-bond donors (Lipinski definition) is 1. The quantitative estimate of drug-likeness (QED) is 0.678. The molecule has 0 aliphatic heterocycles. The average Bonchev–Trinajstić information content (AvgIpc) is 2.48. The van der Waals surface area contributed by atoms with Crippen molar-refractivity contribution in [3.8, 4) is 5.75 Å². The zero-order valence-electron chi connectivity index (χ0n) is 10.5. The number of aromatic nitrogens is 1. The zero-order chi connectivity index (χ0) is 14.2. The number of benzene rings is 1. The molecule has 0 bridgehead atoms. The van der Waals surface area contributed by atoms with E-state index in [1.807, 2.05) is 0 Å². The van der Waals surface area contributed by atoms with Crippen molar-refractivity contribution < 1.29 is 9.53 Å². The van der Waals surface area contributed by atoms with Crippen LogP contribution < -0.4 is 10.2 Å². The Labute approximate surface area is 121 Å². The number of ether oxygens (including phenoxy) is 1. The van der Waals surface area contributed by atoms with Gasteiger partial charge in [-0.2, -0.15) is 5.10 Å². The van der Waals surface area contributed by atoms with Gasteiger partial charge in [0.05, 0.1) is 6.21 Å². The first-order valence-corrected chi connectivity index (χ1v) is 6.22. The summed E-state index contributed by atoms with van der Waals surface area (Å²) in [6, 6.07) is 10.3. The topological polar surface area (TPSA) is 63.6 Å². The lowest BCUT2D eigenvalue weighted by atomic mass is 10.3. The highest BCUT2D eigenvalue weighted by Crippen LogP contribution is 2.15. The van der Waals surface area contributed by atoms with Crippen molar-refractivity contribution in [2.24, 2.45) is 5.10 Å². The fourth-order valence-electron chi connectivity index (χ4n) is 1.34. The Morgan fingerprint density at radius 1 is 1.25 bits per heavy atom.